The number of nitrogens with one attached hydrogen (secondary N) is 1. The van der Waals surface area contributed by atoms with E-state index in [1.165, 1.54) is 12.1 Å². The number of ether oxygens (including phenoxy) is 3. The van der Waals surface area contributed by atoms with Gasteiger partial charge in [0, 0.05) is 11.5 Å². The topological polar surface area (TPSA) is 93.1 Å². The summed E-state index contributed by atoms with van der Waals surface area (Å²) in [5, 5.41) is 12.1. The number of hydrogen-bond acceptors (Lipinski definition) is 6. The molecule has 2 heterocycles. The molecule has 0 spiro atoms. The molecular weight excluding hydrogens is 523 g/mol. The molecular formula is C33H33FN2O5. The van der Waals surface area contributed by atoms with Crippen LogP contribution < -0.4 is 20.3 Å². The molecule has 2 aromatic carbocycles. The third kappa shape index (κ3) is 4.94. The molecule has 41 heavy (non-hydrogen) atoms. The fourth-order valence-electron chi connectivity index (χ4n) is 5.84. The van der Waals surface area contributed by atoms with Gasteiger partial charge in [0.25, 0.3) is 0 Å². The van der Waals surface area contributed by atoms with Crippen LogP contribution in [-0.4, -0.2) is 36.9 Å². The van der Waals surface area contributed by atoms with Gasteiger partial charge in [-0.1, -0.05) is 29.4 Å². The predicted molar refractivity (Wildman–Crippen MR) is 154 cm³/mol. The van der Waals surface area contributed by atoms with E-state index in [0.717, 1.165) is 22.3 Å². The van der Waals surface area contributed by atoms with Gasteiger partial charge in [0.15, 0.2) is 0 Å². The predicted octanol–water partition coefficient (Wildman–Crippen LogP) is 5.32. The van der Waals surface area contributed by atoms with Gasteiger partial charge in [0.1, 0.15) is 28.6 Å². The fraction of sp³-hybridized carbons (Fsp3) is 0.273. The Bertz CT molecular complexity index is 1740. The van der Waals surface area contributed by atoms with Gasteiger partial charge in [-0.15, -0.1) is 0 Å². The zero-order valence-corrected chi connectivity index (χ0v) is 24.0. The SMILES string of the molecule is CCOC(=O)C1=C(C)N=c2[nH]c(=CC3=C(C)C(c4ccc(F)cc4)C(C)=C3)c(O)c2C1c1cc(OC)ccc1OC. The highest BCUT2D eigenvalue weighted by Crippen LogP contribution is 2.44. The maximum Gasteiger partial charge on any atom is 0.336 e. The van der Waals surface area contributed by atoms with Crippen molar-refractivity contribution in [2.75, 3.05) is 20.8 Å². The van der Waals surface area contributed by atoms with Crippen molar-refractivity contribution in [3.8, 4) is 17.2 Å². The highest BCUT2D eigenvalue weighted by molar-refractivity contribution is 5.93. The average molecular weight is 557 g/mol. The first-order valence-corrected chi connectivity index (χ1v) is 13.4. The van der Waals surface area contributed by atoms with Crippen molar-refractivity contribution in [3.05, 3.63) is 110 Å². The number of halogens is 1. The van der Waals surface area contributed by atoms with Crippen LogP contribution in [0.25, 0.3) is 6.08 Å². The van der Waals surface area contributed by atoms with Crippen molar-refractivity contribution in [3.63, 3.8) is 0 Å². The molecule has 5 rings (SSSR count). The van der Waals surface area contributed by atoms with E-state index in [2.05, 4.69) is 16.1 Å². The van der Waals surface area contributed by atoms with Gasteiger partial charge in [0.05, 0.1) is 48.9 Å². The third-order valence-corrected chi connectivity index (χ3v) is 7.74. The van der Waals surface area contributed by atoms with Crippen molar-refractivity contribution in [1.29, 1.82) is 0 Å². The summed E-state index contributed by atoms with van der Waals surface area (Å²) in [6, 6.07) is 11.9. The molecule has 0 amide bonds. The molecule has 2 N–H and O–H groups in total. The molecule has 1 aromatic heterocycles. The van der Waals surface area contributed by atoms with Crippen LogP contribution in [0, 0.1) is 5.82 Å². The van der Waals surface area contributed by atoms with Crippen molar-refractivity contribution >= 4 is 12.0 Å². The number of esters is 1. The van der Waals surface area contributed by atoms with Gasteiger partial charge in [-0.3, -0.25) is 0 Å². The molecule has 1 aliphatic carbocycles. The standard InChI is InChI=1S/C33H33FN2O5/c1-7-41-33(38)28-19(4)35-32-30(29(28)24-16-23(39-5)12-13-26(24)40-6)31(37)25(36-32)15-21-14-17(2)27(18(21)3)20-8-10-22(34)11-9-20/h8-16,27,29,37H,7H2,1-6H3,(H,35,36). The van der Waals surface area contributed by atoms with Crippen LogP contribution in [0.5, 0.6) is 17.2 Å². The number of methoxy groups -OCH3 is 2. The van der Waals surface area contributed by atoms with E-state index < -0.39 is 11.9 Å². The number of aromatic amines is 1. The first-order valence-electron chi connectivity index (χ1n) is 13.4. The van der Waals surface area contributed by atoms with Gasteiger partial charge in [-0.05, 0) is 75.2 Å². The third-order valence-electron chi connectivity index (χ3n) is 7.74. The maximum atomic E-state index is 13.6. The molecule has 8 heteroatoms. The summed E-state index contributed by atoms with van der Waals surface area (Å²) in [7, 11) is 3.12. The minimum absolute atomic E-state index is 0.00591. The van der Waals surface area contributed by atoms with E-state index >= 15 is 0 Å². The summed E-state index contributed by atoms with van der Waals surface area (Å²) >= 11 is 0. The summed E-state index contributed by atoms with van der Waals surface area (Å²) in [6.07, 6.45) is 3.95. The van der Waals surface area contributed by atoms with Crippen molar-refractivity contribution in [2.24, 2.45) is 4.99 Å². The van der Waals surface area contributed by atoms with Gasteiger partial charge in [-0.25, -0.2) is 14.2 Å². The van der Waals surface area contributed by atoms with E-state index in [-0.39, 0.29) is 24.1 Å². The van der Waals surface area contributed by atoms with Crippen LogP contribution in [0.3, 0.4) is 0 Å². The zero-order valence-electron chi connectivity index (χ0n) is 24.0. The Kier molecular flexibility index (Phi) is 7.58. The summed E-state index contributed by atoms with van der Waals surface area (Å²) in [4.78, 5) is 21.2. The highest BCUT2D eigenvalue weighted by Gasteiger charge is 2.37. The van der Waals surface area contributed by atoms with Gasteiger partial charge >= 0.3 is 5.97 Å². The number of hydrogen-bond donors (Lipinski definition) is 2. The molecule has 0 saturated carbocycles. The lowest BCUT2D eigenvalue weighted by Crippen LogP contribution is -2.26. The molecule has 2 aliphatic rings. The lowest BCUT2D eigenvalue weighted by molar-refractivity contribution is -0.138. The number of aromatic nitrogens is 1. The number of aromatic hydroxyl groups is 1. The van der Waals surface area contributed by atoms with Crippen LogP contribution in [0.2, 0.25) is 0 Å². The van der Waals surface area contributed by atoms with Crippen molar-refractivity contribution in [2.45, 2.75) is 39.5 Å². The monoisotopic (exact) mass is 556 g/mol. The number of benzene rings is 2. The molecule has 0 saturated heterocycles. The normalized spacial score (nSPS) is 18.7. The number of nitrogens with zero attached hydrogens (tertiary/aromatic N) is 1. The lowest BCUT2D eigenvalue weighted by Gasteiger charge is -2.25. The first kappa shape index (κ1) is 28.0. The Hall–Kier alpha value is -4.59. The first-order chi connectivity index (χ1) is 19.7. The number of H-pyrrole nitrogens is 1. The minimum atomic E-state index is -0.729. The summed E-state index contributed by atoms with van der Waals surface area (Å²) in [5.74, 6) is -0.439. The molecule has 0 radical (unpaired) electrons. The molecule has 212 valence electrons. The van der Waals surface area contributed by atoms with Gasteiger partial charge in [-0.2, -0.15) is 0 Å². The molecule has 0 fully saturated rings. The zero-order chi connectivity index (χ0) is 29.4. The summed E-state index contributed by atoms with van der Waals surface area (Å²) in [6.45, 7) is 7.76. The molecule has 3 aromatic rings. The Morgan fingerprint density at radius 2 is 1.80 bits per heavy atom. The van der Waals surface area contributed by atoms with E-state index in [0.29, 0.717) is 44.7 Å². The quantitative estimate of drug-likeness (QED) is 0.385. The fourth-order valence-corrected chi connectivity index (χ4v) is 5.84. The summed E-state index contributed by atoms with van der Waals surface area (Å²) in [5.41, 5.74) is 6.43. The van der Waals surface area contributed by atoms with Crippen LogP contribution in [-0.2, 0) is 9.53 Å². The molecule has 0 bridgehead atoms. The van der Waals surface area contributed by atoms with E-state index in [1.54, 1.807) is 58.4 Å². The second kappa shape index (κ2) is 11.1. The maximum absolute atomic E-state index is 13.6. The van der Waals surface area contributed by atoms with Crippen LogP contribution >= 0.6 is 0 Å². The second-order valence-corrected chi connectivity index (χ2v) is 10.2. The Morgan fingerprint density at radius 1 is 1.07 bits per heavy atom. The van der Waals surface area contributed by atoms with Gasteiger partial charge in [0.2, 0.25) is 0 Å². The number of fused-ring (bicyclic) bond motifs is 1. The van der Waals surface area contributed by atoms with Crippen LogP contribution in [0.15, 0.2) is 81.5 Å². The molecule has 2 unspecified atom stereocenters. The molecule has 1 aliphatic heterocycles. The van der Waals surface area contributed by atoms with Crippen molar-refractivity contribution in [1.82, 2.24) is 4.98 Å². The number of carbonyl (C=O) groups excluding carboxylic acids is 1. The molecule has 2 atom stereocenters. The Labute approximate surface area is 238 Å². The minimum Gasteiger partial charge on any atom is -0.505 e. The van der Waals surface area contributed by atoms with Crippen LogP contribution in [0.4, 0.5) is 4.39 Å². The smallest absolute Gasteiger partial charge is 0.336 e. The van der Waals surface area contributed by atoms with Crippen molar-refractivity contribution < 1.29 is 28.5 Å². The number of carbonyl (C=O) groups is 1. The largest absolute Gasteiger partial charge is 0.505 e. The number of allylic oxidation sites excluding steroid dienone is 5. The van der Waals surface area contributed by atoms with E-state index in [4.69, 9.17) is 14.2 Å². The number of rotatable bonds is 7. The Morgan fingerprint density at radius 3 is 2.46 bits per heavy atom. The highest BCUT2D eigenvalue weighted by atomic mass is 19.1. The average Bonchev–Trinajstić information content (AvgIpc) is 3.41. The van der Waals surface area contributed by atoms with Gasteiger partial charge < -0.3 is 24.3 Å². The van der Waals surface area contributed by atoms with E-state index in [1.807, 2.05) is 19.9 Å². The van der Waals surface area contributed by atoms with E-state index in [9.17, 15) is 14.3 Å². The lowest BCUT2D eigenvalue weighted by atomic mass is 9.82. The second-order valence-electron chi connectivity index (χ2n) is 10.2. The Balaban J connectivity index is 1.70. The summed E-state index contributed by atoms with van der Waals surface area (Å²) < 4.78 is 30.1. The van der Waals surface area contributed by atoms with Crippen LogP contribution in [0.1, 0.15) is 56.2 Å². The molecule has 7 nitrogen and oxygen atoms in total.